The Kier molecular flexibility index (Phi) is 5.94. The molecule has 2 aromatic carbocycles. The summed E-state index contributed by atoms with van der Waals surface area (Å²) in [6.45, 7) is 6.08. The largest absolute Gasteiger partial charge is 0.494 e. The highest BCUT2D eigenvalue weighted by molar-refractivity contribution is 8.18. The summed E-state index contributed by atoms with van der Waals surface area (Å²) in [5, 5.41) is 4.08. The molecule has 0 atom stereocenters. The van der Waals surface area contributed by atoms with Gasteiger partial charge in [0.05, 0.1) is 12.0 Å². The van der Waals surface area contributed by atoms with Crippen molar-refractivity contribution < 1.29 is 9.53 Å². The number of rotatable bonds is 4. The second-order valence-corrected chi connectivity index (χ2v) is 8.76. The maximum Gasteiger partial charge on any atom is 0.264 e. The van der Waals surface area contributed by atoms with Gasteiger partial charge < -0.3 is 14.6 Å². The summed E-state index contributed by atoms with van der Waals surface area (Å²) in [5.74, 6) is 0.503. The third-order valence-electron chi connectivity index (χ3n) is 5.05. The van der Waals surface area contributed by atoms with Crippen LogP contribution in [0.25, 0.3) is 11.8 Å². The predicted octanol–water partition coefficient (Wildman–Crippen LogP) is 5.96. The number of halogens is 1. The quantitative estimate of drug-likeness (QED) is 0.498. The highest BCUT2D eigenvalue weighted by Gasteiger charge is 2.25. The fourth-order valence-electron chi connectivity index (χ4n) is 3.54. The van der Waals surface area contributed by atoms with E-state index in [1.807, 2.05) is 69.3 Å². The molecule has 7 heteroatoms. The lowest BCUT2D eigenvalue weighted by atomic mass is 10.2. The minimum Gasteiger partial charge on any atom is -0.494 e. The van der Waals surface area contributed by atoms with E-state index in [4.69, 9.17) is 16.3 Å². The molecular formula is C24H22ClN3O2S. The fraction of sp³-hybridized carbons (Fsp3) is 0.167. The van der Waals surface area contributed by atoms with Crippen molar-refractivity contribution in [1.29, 1.82) is 0 Å². The Hall–Kier alpha value is -2.96. The van der Waals surface area contributed by atoms with Crippen LogP contribution in [0.5, 0.6) is 5.75 Å². The molecule has 158 valence electrons. The van der Waals surface area contributed by atoms with Crippen molar-refractivity contribution in [3.8, 4) is 11.4 Å². The first-order valence-electron chi connectivity index (χ1n) is 9.75. The van der Waals surface area contributed by atoms with Crippen molar-refractivity contribution in [1.82, 2.24) is 9.88 Å². The van der Waals surface area contributed by atoms with Crippen molar-refractivity contribution >= 4 is 46.2 Å². The molecule has 0 radical (unpaired) electrons. The van der Waals surface area contributed by atoms with Crippen molar-refractivity contribution in [3.63, 3.8) is 0 Å². The van der Waals surface area contributed by atoms with Crippen LogP contribution in [0, 0.1) is 20.8 Å². The van der Waals surface area contributed by atoms with Crippen LogP contribution in [0.2, 0.25) is 5.02 Å². The Morgan fingerprint density at radius 3 is 2.55 bits per heavy atom. The molecule has 0 bridgehead atoms. The number of thioether (sulfide) groups is 1. The van der Waals surface area contributed by atoms with Crippen LogP contribution < -0.4 is 10.1 Å². The van der Waals surface area contributed by atoms with Crippen molar-refractivity contribution in [2.75, 3.05) is 7.11 Å². The Bertz CT molecular complexity index is 1230. The predicted molar refractivity (Wildman–Crippen MR) is 129 cm³/mol. The van der Waals surface area contributed by atoms with Gasteiger partial charge >= 0.3 is 0 Å². The maximum atomic E-state index is 12.6. The topological polar surface area (TPSA) is 55.6 Å². The number of carbonyl (C=O) groups excluding carboxylic acids is 1. The Morgan fingerprint density at radius 2 is 1.84 bits per heavy atom. The minimum atomic E-state index is -0.160. The van der Waals surface area contributed by atoms with Crippen LogP contribution in [0.1, 0.15) is 22.5 Å². The maximum absolute atomic E-state index is 12.6. The molecule has 1 aliphatic heterocycles. The number of amides is 1. The fourth-order valence-corrected chi connectivity index (χ4v) is 4.49. The number of aryl methyl sites for hydroxylation is 2. The SMILES string of the molecule is COc1ccc(C)cc1N=C1NC(=O)/C(=C/c2cc(C)n(-c3ccc(Cl)cc3)c2C)S1. The highest BCUT2D eigenvalue weighted by Crippen LogP contribution is 2.33. The molecule has 5 nitrogen and oxygen atoms in total. The van der Waals surface area contributed by atoms with Gasteiger partial charge in [0, 0.05) is 22.1 Å². The zero-order valence-corrected chi connectivity index (χ0v) is 19.3. The van der Waals surface area contributed by atoms with E-state index in [0.717, 1.165) is 28.2 Å². The molecule has 0 unspecified atom stereocenters. The highest BCUT2D eigenvalue weighted by atomic mass is 35.5. The molecule has 1 aromatic heterocycles. The van der Waals surface area contributed by atoms with E-state index in [-0.39, 0.29) is 5.91 Å². The van der Waals surface area contributed by atoms with Crippen LogP contribution in [0.4, 0.5) is 5.69 Å². The second-order valence-electron chi connectivity index (χ2n) is 7.30. The van der Waals surface area contributed by atoms with Crippen LogP contribution in [-0.2, 0) is 4.79 Å². The van der Waals surface area contributed by atoms with Gasteiger partial charge in [0.15, 0.2) is 5.17 Å². The lowest BCUT2D eigenvalue weighted by Gasteiger charge is -2.09. The van der Waals surface area contributed by atoms with Gasteiger partial charge in [0.25, 0.3) is 5.91 Å². The first kappa shape index (κ1) is 21.3. The normalized spacial score (nSPS) is 16.2. The van der Waals surface area contributed by atoms with Gasteiger partial charge in [0.1, 0.15) is 11.4 Å². The molecule has 31 heavy (non-hydrogen) atoms. The molecule has 0 saturated carbocycles. The number of hydrogen-bond acceptors (Lipinski definition) is 4. The summed E-state index contributed by atoms with van der Waals surface area (Å²) < 4.78 is 7.53. The van der Waals surface area contributed by atoms with Crippen LogP contribution in [0.3, 0.4) is 0 Å². The Labute approximate surface area is 190 Å². The van der Waals surface area contributed by atoms with E-state index in [1.165, 1.54) is 11.8 Å². The van der Waals surface area contributed by atoms with Crippen molar-refractivity contribution in [2.45, 2.75) is 20.8 Å². The molecule has 4 rings (SSSR count). The van der Waals surface area contributed by atoms with Gasteiger partial charge in [-0.1, -0.05) is 17.7 Å². The third-order valence-corrected chi connectivity index (χ3v) is 6.21. The average molecular weight is 452 g/mol. The Balaban J connectivity index is 1.65. The molecule has 3 aromatic rings. The van der Waals surface area contributed by atoms with Gasteiger partial charge in [-0.2, -0.15) is 0 Å². The van der Waals surface area contributed by atoms with Gasteiger partial charge in [-0.15, -0.1) is 0 Å². The number of nitrogens with zero attached hydrogens (tertiary/aromatic N) is 2. The first-order chi connectivity index (χ1) is 14.9. The molecule has 1 saturated heterocycles. The van der Waals surface area contributed by atoms with E-state index in [1.54, 1.807) is 7.11 Å². The number of carbonyl (C=O) groups is 1. The number of amidine groups is 1. The smallest absolute Gasteiger partial charge is 0.264 e. The van der Waals surface area contributed by atoms with E-state index < -0.39 is 0 Å². The lowest BCUT2D eigenvalue weighted by molar-refractivity contribution is -0.115. The molecule has 1 amide bonds. The number of hydrogen-bond donors (Lipinski definition) is 1. The van der Waals surface area contributed by atoms with Crippen LogP contribution in [0.15, 0.2) is 58.4 Å². The standard InChI is InChI=1S/C24H22ClN3O2S/c1-14-5-10-21(30-4)20(11-14)26-24-27-23(29)22(31-24)13-17-12-15(2)28(16(17)3)19-8-6-18(25)7-9-19/h5-13H,1-4H3,(H,26,27,29)/b22-13-. The number of ether oxygens (including phenoxy) is 1. The summed E-state index contributed by atoms with van der Waals surface area (Å²) in [6, 6.07) is 15.5. The van der Waals surface area contributed by atoms with E-state index in [9.17, 15) is 4.79 Å². The van der Waals surface area contributed by atoms with E-state index in [0.29, 0.717) is 26.5 Å². The average Bonchev–Trinajstić information content (AvgIpc) is 3.21. The van der Waals surface area contributed by atoms with E-state index in [2.05, 4.69) is 20.9 Å². The van der Waals surface area contributed by atoms with Crippen LogP contribution >= 0.6 is 23.4 Å². The summed E-state index contributed by atoms with van der Waals surface area (Å²) in [4.78, 5) is 17.8. The zero-order chi connectivity index (χ0) is 22.1. The Morgan fingerprint density at radius 1 is 1.10 bits per heavy atom. The number of aromatic nitrogens is 1. The van der Waals surface area contributed by atoms with Gasteiger partial charge in [-0.25, -0.2) is 4.99 Å². The second kappa shape index (κ2) is 8.65. The lowest BCUT2D eigenvalue weighted by Crippen LogP contribution is -2.19. The van der Waals surface area contributed by atoms with Gasteiger partial charge in [-0.05, 0) is 92.2 Å². The number of benzene rings is 2. The number of methoxy groups -OCH3 is 1. The summed E-state index contributed by atoms with van der Waals surface area (Å²) in [6.07, 6.45) is 1.91. The summed E-state index contributed by atoms with van der Waals surface area (Å²) >= 11 is 7.35. The first-order valence-corrected chi connectivity index (χ1v) is 10.9. The molecule has 0 spiro atoms. The van der Waals surface area contributed by atoms with E-state index >= 15 is 0 Å². The zero-order valence-electron chi connectivity index (χ0n) is 17.7. The van der Waals surface area contributed by atoms with Gasteiger partial charge in [-0.3, -0.25) is 4.79 Å². The summed E-state index contributed by atoms with van der Waals surface area (Å²) in [5.41, 5.74) is 5.90. The molecule has 0 aliphatic carbocycles. The third kappa shape index (κ3) is 4.40. The number of aliphatic imine (C=N–C) groups is 1. The number of nitrogens with one attached hydrogen (secondary N) is 1. The van der Waals surface area contributed by atoms with Crippen LogP contribution in [-0.4, -0.2) is 22.8 Å². The van der Waals surface area contributed by atoms with Crippen molar-refractivity contribution in [3.05, 3.63) is 81.0 Å². The molecular weight excluding hydrogens is 430 g/mol. The molecule has 2 heterocycles. The summed E-state index contributed by atoms with van der Waals surface area (Å²) in [7, 11) is 1.61. The molecule has 1 N–H and O–H groups in total. The van der Waals surface area contributed by atoms with Crippen molar-refractivity contribution in [2.24, 2.45) is 4.99 Å². The molecule has 1 fully saturated rings. The van der Waals surface area contributed by atoms with Gasteiger partial charge in [0.2, 0.25) is 0 Å². The minimum absolute atomic E-state index is 0.160. The monoisotopic (exact) mass is 451 g/mol. The molecule has 1 aliphatic rings.